The fraction of sp³-hybridized carbons (Fsp3) is 0.588. The molecule has 0 atom stereocenters. The molecule has 2 saturated heterocycles. The van der Waals surface area contributed by atoms with Crippen LogP contribution in [0.5, 0.6) is 0 Å². The van der Waals surface area contributed by atoms with Crippen LogP contribution in [0, 0.1) is 0 Å². The summed E-state index contributed by atoms with van der Waals surface area (Å²) in [6.45, 7) is 8.41. The second-order valence-corrected chi connectivity index (χ2v) is 8.71. The van der Waals surface area contributed by atoms with Gasteiger partial charge in [-0.15, -0.1) is 0 Å². The second kappa shape index (κ2) is 6.28. The maximum Gasteiger partial charge on any atom is 0.339 e. The fourth-order valence-electron chi connectivity index (χ4n) is 2.59. The van der Waals surface area contributed by atoms with Gasteiger partial charge in [-0.25, -0.2) is 9.10 Å². The number of benzene rings is 1. The minimum absolute atomic E-state index is 0.158. The SMILES string of the molecule is CC(C)(C)OC(=O)c1cc(Cl)ccc1SN1CCC2(CC1)CO2. The minimum atomic E-state index is -0.526. The first-order chi connectivity index (χ1) is 10.8. The third-order valence-electron chi connectivity index (χ3n) is 3.97. The highest BCUT2D eigenvalue weighted by Gasteiger charge is 2.46. The number of halogens is 1. The minimum Gasteiger partial charge on any atom is -0.456 e. The number of epoxide rings is 1. The van der Waals surface area contributed by atoms with Crippen molar-refractivity contribution in [2.24, 2.45) is 0 Å². The normalized spacial score (nSPS) is 20.5. The van der Waals surface area contributed by atoms with Crippen LogP contribution < -0.4 is 0 Å². The van der Waals surface area contributed by atoms with E-state index in [1.165, 1.54) is 0 Å². The summed E-state index contributed by atoms with van der Waals surface area (Å²) in [5.41, 5.74) is 0.160. The van der Waals surface area contributed by atoms with Crippen LogP contribution in [0.4, 0.5) is 0 Å². The van der Waals surface area contributed by atoms with Crippen molar-refractivity contribution in [3.8, 4) is 0 Å². The molecule has 6 heteroatoms. The zero-order valence-electron chi connectivity index (χ0n) is 13.7. The Balaban J connectivity index is 1.72. The van der Waals surface area contributed by atoms with Crippen LogP contribution in [-0.2, 0) is 9.47 Å². The first-order valence-corrected chi connectivity index (χ1v) is 9.01. The lowest BCUT2D eigenvalue weighted by molar-refractivity contribution is 0.00654. The second-order valence-electron chi connectivity index (χ2n) is 7.13. The maximum absolute atomic E-state index is 12.5. The van der Waals surface area contributed by atoms with Crippen LogP contribution in [0.1, 0.15) is 44.0 Å². The monoisotopic (exact) mass is 355 g/mol. The van der Waals surface area contributed by atoms with Crippen LogP contribution in [0.25, 0.3) is 0 Å². The first-order valence-electron chi connectivity index (χ1n) is 7.86. The van der Waals surface area contributed by atoms with Gasteiger partial charge in [0, 0.05) is 23.0 Å². The van der Waals surface area contributed by atoms with E-state index in [0.717, 1.165) is 37.4 Å². The van der Waals surface area contributed by atoms with Crippen LogP contribution in [0.15, 0.2) is 23.1 Å². The van der Waals surface area contributed by atoms with E-state index in [-0.39, 0.29) is 11.6 Å². The van der Waals surface area contributed by atoms with Crippen molar-refractivity contribution in [2.45, 2.75) is 49.7 Å². The van der Waals surface area contributed by atoms with Crippen molar-refractivity contribution in [1.82, 2.24) is 4.31 Å². The van der Waals surface area contributed by atoms with Crippen LogP contribution >= 0.6 is 23.5 Å². The van der Waals surface area contributed by atoms with Gasteiger partial charge >= 0.3 is 5.97 Å². The molecule has 0 unspecified atom stereocenters. The highest BCUT2D eigenvalue weighted by Crippen LogP contribution is 2.41. The third-order valence-corrected chi connectivity index (χ3v) is 5.39. The number of nitrogens with zero attached hydrogens (tertiary/aromatic N) is 1. The predicted octanol–water partition coefficient (Wildman–Crippen LogP) is 4.17. The Hall–Kier alpha value is -0.750. The van der Waals surface area contributed by atoms with Gasteiger partial charge in [0.25, 0.3) is 0 Å². The third kappa shape index (κ3) is 4.41. The summed E-state index contributed by atoms with van der Waals surface area (Å²) in [6, 6.07) is 5.39. The average Bonchev–Trinajstić information content (AvgIpc) is 3.21. The molecule has 4 nitrogen and oxygen atoms in total. The molecule has 0 radical (unpaired) electrons. The van der Waals surface area contributed by atoms with E-state index in [0.29, 0.717) is 10.6 Å². The number of hydrogen-bond acceptors (Lipinski definition) is 5. The number of ether oxygens (including phenoxy) is 2. The van der Waals surface area contributed by atoms with Gasteiger partial charge in [-0.05, 0) is 63.8 Å². The summed E-state index contributed by atoms with van der Waals surface area (Å²) in [5, 5.41) is 0.541. The lowest BCUT2D eigenvalue weighted by Gasteiger charge is -2.29. The Bertz CT molecular complexity index is 600. The fourth-order valence-corrected chi connectivity index (χ4v) is 3.77. The van der Waals surface area contributed by atoms with Gasteiger partial charge in [0.05, 0.1) is 17.8 Å². The molecule has 1 spiro atoms. The van der Waals surface area contributed by atoms with Gasteiger partial charge in [0.2, 0.25) is 0 Å². The number of carbonyl (C=O) groups excluding carboxylic acids is 1. The highest BCUT2D eigenvalue weighted by atomic mass is 35.5. The largest absolute Gasteiger partial charge is 0.456 e. The average molecular weight is 356 g/mol. The van der Waals surface area contributed by atoms with Crippen molar-refractivity contribution < 1.29 is 14.3 Å². The van der Waals surface area contributed by atoms with Crippen molar-refractivity contribution >= 4 is 29.5 Å². The Labute approximate surface area is 146 Å². The molecule has 126 valence electrons. The number of piperidine rings is 1. The zero-order valence-corrected chi connectivity index (χ0v) is 15.3. The van der Waals surface area contributed by atoms with Crippen molar-refractivity contribution in [2.75, 3.05) is 19.7 Å². The number of hydrogen-bond donors (Lipinski definition) is 0. The molecule has 0 N–H and O–H groups in total. The van der Waals surface area contributed by atoms with E-state index in [1.807, 2.05) is 32.9 Å². The lowest BCUT2D eigenvalue weighted by atomic mass is 10.00. The summed E-state index contributed by atoms with van der Waals surface area (Å²) in [6.07, 6.45) is 2.10. The Morgan fingerprint density at radius 3 is 2.57 bits per heavy atom. The maximum atomic E-state index is 12.5. The molecule has 2 aliphatic rings. The molecule has 0 aliphatic carbocycles. The van der Waals surface area contributed by atoms with Gasteiger partial charge < -0.3 is 9.47 Å². The smallest absolute Gasteiger partial charge is 0.339 e. The molecule has 0 bridgehead atoms. The van der Waals surface area contributed by atoms with Gasteiger partial charge in [-0.1, -0.05) is 11.6 Å². The number of esters is 1. The zero-order chi connectivity index (χ0) is 16.7. The molecule has 2 fully saturated rings. The topological polar surface area (TPSA) is 42.1 Å². The molecular weight excluding hydrogens is 334 g/mol. The van der Waals surface area contributed by atoms with E-state index in [1.54, 1.807) is 18.0 Å². The van der Waals surface area contributed by atoms with Crippen LogP contribution in [0.3, 0.4) is 0 Å². The van der Waals surface area contributed by atoms with E-state index < -0.39 is 5.60 Å². The molecule has 3 rings (SSSR count). The van der Waals surface area contributed by atoms with Crippen molar-refractivity contribution in [1.29, 1.82) is 0 Å². The molecule has 2 aliphatic heterocycles. The van der Waals surface area contributed by atoms with Crippen molar-refractivity contribution in [3.63, 3.8) is 0 Å². The molecule has 23 heavy (non-hydrogen) atoms. The van der Waals surface area contributed by atoms with Gasteiger partial charge in [0.1, 0.15) is 5.60 Å². The summed E-state index contributed by atoms with van der Waals surface area (Å²) in [5.74, 6) is -0.332. The van der Waals surface area contributed by atoms with Crippen LogP contribution in [0.2, 0.25) is 5.02 Å². The van der Waals surface area contributed by atoms with E-state index in [9.17, 15) is 4.79 Å². The standard InChI is InChI=1S/C17H22ClNO3S/c1-16(2,3)22-15(20)13-10-12(18)4-5-14(13)23-19-8-6-17(7-9-19)11-21-17/h4-5,10H,6-9,11H2,1-3H3. The molecule has 0 saturated carbocycles. The van der Waals surface area contributed by atoms with E-state index in [4.69, 9.17) is 21.1 Å². The molecule has 0 amide bonds. The molecular formula is C17H22ClNO3S. The Kier molecular flexibility index (Phi) is 4.67. The summed E-state index contributed by atoms with van der Waals surface area (Å²) < 4.78 is 13.3. The summed E-state index contributed by atoms with van der Waals surface area (Å²) in [4.78, 5) is 13.3. The number of carbonyl (C=O) groups is 1. The summed E-state index contributed by atoms with van der Waals surface area (Å²) >= 11 is 7.67. The van der Waals surface area contributed by atoms with E-state index >= 15 is 0 Å². The Morgan fingerprint density at radius 2 is 2.00 bits per heavy atom. The molecule has 1 aromatic rings. The van der Waals surface area contributed by atoms with Gasteiger partial charge in [-0.3, -0.25) is 0 Å². The Morgan fingerprint density at radius 1 is 1.35 bits per heavy atom. The summed E-state index contributed by atoms with van der Waals surface area (Å²) in [7, 11) is 0. The van der Waals surface area contributed by atoms with Gasteiger partial charge in [-0.2, -0.15) is 0 Å². The molecule has 1 aromatic carbocycles. The molecule has 0 aromatic heterocycles. The van der Waals surface area contributed by atoms with Crippen LogP contribution in [-0.4, -0.2) is 41.2 Å². The van der Waals surface area contributed by atoms with E-state index in [2.05, 4.69) is 4.31 Å². The quantitative estimate of drug-likeness (QED) is 0.462. The van der Waals surface area contributed by atoms with Gasteiger partial charge in [0.15, 0.2) is 0 Å². The predicted molar refractivity (Wildman–Crippen MR) is 92.0 cm³/mol. The molecule has 2 heterocycles. The lowest BCUT2D eigenvalue weighted by Crippen LogP contribution is -2.33. The van der Waals surface area contributed by atoms with Crippen molar-refractivity contribution in [3.05, 3.63) is 28.8 Å². The first kappa shape index (κ1) is 17.1. The highest BCUT2D eigenvalue weighted by molar-refractivity contribution is 7.97. The number of rotatable bonds is 3.